The molecule has 0 unspecified atom stereocenters. The van der Waals surface area contributed by atoms with Crippen molar-refractivity contribution >= 4 is 38.9 Å². The summed E-state index contributed by atoms with van der Waals surface area (Å²) in [5.74, 6) is 0. The van der Waals surface area contributed by atoms with Gasteiger partial charge in [-0.1, -0.05) is 35.1 Å². The number of benzene rings is 1. The zero-order valence-corrected chi connectivity index (χ0v) is 13.1. The van der Waals surface area contributed by atoms with Crippen LogP contribution in [0.3, 0.4) is 0 Å². The van der Waals surface area contributed by atoms with E-state index in [-0.39, 0.29) is 0 Å². The third-order valence-electron chi connectivity index (χ3n) is 2.47. The number of aryl methyl sites for hydroxylation is 1. The fourth-order valence-corrected chi connectivity index (χ4v) is 3.10. The van der Waals surface area contributed by atoms with Crippen molar-refractivity contribution < 1.29 is 0 Å². The first kappa shape index (κ1) is 13.9. The normalized spacial score (nSPS) is 10.8. The number of hydrogen-bond acceptors (Lipinski definition) is 4. The number of halogens is 2. The molecule has 6 heteroatoms. The molecule has 2 rings (SSSR count). The summed E-state index contributed by atoms with van der Waals surface area (Å²) in [6, 6.07) is 5.83. The van der Waals surface area contributed by atoms with Crippen LogP contribution < -0.4 is 5.32 Å². The van der Waals surface area contributed by atoms with Crippen molar-refractivity contribution in [2.75, 3.05) is 13.6 Å². The molecule has 96 valence electrons. The van der Waals surface area contributed by atoms with Crippen molar-refractivity contribution in [2.24, 2.45) is 0 Å². The molecule has 0 aliphatic rings. The minimum Gasteiger partial charge on any atom is -0.320 e. The Kier molecular flexibility index (Phi) is 5.12. The van der Waals surface area contributed by atoms with Gasteiger partial charge in [0.15, 0.2) is 0 Å². The first-order valence-electron chi connectivity index (χ1n) is 5.63. The van der Waals surface area contributed by atoms with Crippen LogP contribution in [0.25, 0.3) is 10.6 Å². The Morgan fingerprint density at radius 3 is 3.00 bits per heavy atom. The van der Waals surface area contributed by atoms with Crippen LogP contribution in [0.15, 0.2) is 22.7 Å². The molecule has 3 nitrogen and oxygen atoms in total. The third-order valence-corrected chi connectivity index (χ3v) is 4.78. The lowest BCUT2D eigenvalue weighted by Crippen LogP contribution is -2.08. The minimum atomic E-state index is 0.690. The quantitative estimate of drug-likeness (QED) is 0.837. The SMILES string of the molecule is CNCCCc1nnc(-c2cccc(Br)c2Cl)s1. The molecule has 18 heavy (non-hydrogen) atoms. The van der Waals surface area contributed by atoms with E-state index in [2.05, 4.69) is 31.4 Å². The van der Waals surface area contributed by atoms with E-state index in [4.69, 9.17) is 11.6 Å². The molecule has 1 aromatic heterocycles. The summed E-state index contributed by atoms with van der Waals surface area (Å²) < 4.78 is 0.883. The van der Waals surface area contributed by atoms with Crippen LogP contribution in [-0.2, 0) is 6.42 Å². The van der Waals surface area contributed by atoms with E-state index in [1.54, 1.807) is 11.3 Å². The first-order chi connectivity index (χ1) is 8.72. The number of rotatable bonds is 5. The maximum atomic E-state index is 6.25. The standard InChI is InChI=1S/C12H13BrClN3S/c1-15-7-3-6-10-16-17-12(18-10)8-4-2-5-9(13)11(8)14/h2,4-5,15H,3,6-7H2,1H3. The molecule has 0 atom stereocenters. The van der Waals surface area contributed by atoms with E-state index >= 15 is 0 Å². The maximum Gasteiger partial charge on any atom is 0.149 e. The number of hydrogen-bond donors (Lipinski definition) is 1. The number of nitrogens with one attached hydrogen (secondary N) is 1. The van der Waals surface area contributed by atoms with Gasteiger partial charge in [0.05, 0.1) is 5.02 Å². The molecule has 0 amide bonds. The van der Waals surface area contributed by atoms with Crippen LogP contribution >= 0.6 is 38.9 Å². The van der Waals surface area contributed by atoms with Gasteiger partial charge in [-0.3, -0.25) is 0 Å². The predicted octanol–water partition coefficient (Wildman–Crippen LogP) is 3.77. The Hall–Kier alpha value is -0.490. The average molecular weight is 347 g/mol. The lowest BCUT2D eigenvalue weighted by atomic mass is 10.2. The number of aromatic nitrogens is 2. The largest absolute Gasteiger partial charge is 0.320 e. The Morgan fingerprint density at radius 1 is 1.39 bits per heavy atom. The van der Waals surface area contributed by atoms with E-state index in [9.17, 15) is 0 Å². The lowest BCUT2D eigenvalue weighted by molar-refractivity contribution is 0.718. The summed E-state index contributed by atoms with van der Waals surface area (Å²) in [5, 5.41) is 14.2. The summed E-state index contributed by atoms with van der Waals surface area (Å²) in [4.78, 5) is 0. The molecular formula is C12H13BrClN3S. The molecule has 1 aromatic carbocycles. The second kappa shape index (κ2) is 6.61. The molecule has 1 heterocycles. The fraction of sp³-hybridized carbons (Fsp3) is 0.333. The van der Waals surface area contributed by atoms with Gasteiger partial charge in [-0.2, -0.15) is 0 Å². The predicted molar refractivity (Wildman–Crippen MR) is 80.3 cm³/mol. The monoisotopic (exact) mass is 345 g/mol. The van der Waals surface area contributed by atoms with E-state index in [0.29, 0.717) is 5.02 Å². The van der Waals surface area contributed by atoms with Gasteiger partial charge in [0.25, 0.3) is 0 Å². The van der Waals surface area contributed by atoms with Crippen molar-refractivity contribution in [3.63, 3.8) is 0 Å². The topological polar surface area (TPSA) is 37.8 Å². The van der Waals surface area contributed by atoms with Crippen LogP contribution in [0, 0.1) is 0 Å². The molecule has 0 aliphatic carbocycles. The van der Waals surface area contributed by atoms with Gasteiger partial charge >= 0.3 is 0 Å². The molecule has 0 spiro atoms. The summed E-state index contributed by atoms with van der Waals surface area (Å²) in [6.07, 6.45) is 2.02. The average Bonchev–Trinajstić information content (AvgIpc) is 2.82. The summed E-state index contributed by atoms with van der Waals surface area (Å²) in [7, 11) is 1.95. The molecule has 2 aromatic rings. The molecule has 0 bridgehead atoms. The van der Waals surface area contributed by atoms with Crippen molar-refractivity contribution in [3.05, 3.63) is 32.7 Å². The second-order valence-corrected chi connectivity index (χ2v) is 6.10. The summed E-state index contributed by atoms with van der Waals surface area (Å²) in [5.41, 5.74) is 0.934. The van der Waals surface area contributed by atoms with E-state index in [1.165, 1.54) is 0 Å². The van der Waals surface area contributed by atoms with Crippen LogP contribution in [-0.4, -0.2) is 23.8 Å². The van der Waals surface area contributed by atoms with Crippen molar-refractivity contribution in [1.82, 2.24) is 15.5 Å². The van der Waals surface area contributed by atoms with Crippen LogP contribution in [0.4, 0.5) is 0 Å². The van der Waals surface area contributed by atoms with Gasteiger partial charge in [0.1, 0.15) is 10.0 Å². The van der Waals surface area contributed by atoms with Crippen LogP contribution in [0.2, 0.25) is 5.02 Å². The highest BCUT2D eigenvalue weighted by Gasteiger charge is 2.11. The molecule has 0 radical (unpaired) electrons. The molecule has 0 aliphatic heterocycles. The van der Waals surface area contributed by atoms with Gasteiger partial charge in [0, 0.05) is 16.5 Å². The highest BCUT2D eigenvalue weighted by molar-refractivity contribution is 9.10. The Labute approximate surface area is 124 Å². The zero-order valence-electron chi connectivity index (χ0n) is 9.91. The smallest absolute Gasteiger partial charge is 0.149 e. The Morgan fingerprint density at radius 2 is 2.22 bits per heavy atom. The fourth-order valence-electron chi connectivity index (χ4n) is 1.55. The van der Waals surface area contributed by atoms with Gasteiger partial charge in [-0.15, -0.1) is 10.2 Å². The van der Waals surface area contributed by atoms with Crippen LogP contribution in [0.5, 0.6) is 0 Å². The van der Waals surface area contributed by atoms with E-state index < -0.39 is 0 Å². The molecule has 0 saturated carbocycles. The summed E-state index contributed by atoms with van der Waals surface area (Å²) in [6.45, 7) is 0.993. The molecule has 0 fully saturated rings. The summed E-state index contributed by atoms with van der Waals surface area (Å²) >= 11 is 11.3. The lowest BCUT2D eigenvalue weighted by Gasteiger charge is -2.00. The molecule has 1 N–H and O–H groups in total. The zero-order chi connectivity index (χ0) is 13.0. The van der Waals surface area contributed by atoms with Gasteiger partial charge < -0.3 is 5.32 Å². The highest BCUT2D eigenvalue weighted by Crippen LogP contribution is 2.35. The van der Waals surface area contributed by atoms with Crippen molar-refractivity contribution in [1.29, 1.82) is 0 Å². The maximum absolute atomic E-state index is 6.25. The minimum absolute atomic E-state index is 0.690. The van der Waals surface area contributed by atoms with Gasteiger partial charge in [-0.05, 0) is 42.0 Å². The molecule has 0 saturated heterocycles. The Balaban J connectivity index is 2.16. The van der Waals surface area contributed by atoms with Crippen LogP contribution in [0.1, 0.15) is 11.4 Å². The van der Waals surface area contributed by atoms with Crippen molar-refractivity contribution in [2.45, 2.75) is 12.8 Å². The highest BCUT2D eigenvalue weighted by atomic mass is 79.9. The van der Waals surface area contributed by atoms with Gasteiger partial charge in [-0.25, -0.2) is 0 Å². The second-order valence-electron chi connectivity index (χ2n) is 3.81. The van der Waals surface area contributed by atoms with Gasteiger partial charge in [0.2, 0.25) is 0 Å². The van der Waals surface area contributed by atoms with E-state index in [1.807, 2.05) is 25.2 Å². The Bertz CT molecular complexity index is 530. The third kappa shape index (κ3) is 3.29. The van der Waals surface area contributed by atoms with E-state index in [0.717, 1.165) is 39.4 Å². The first-order valence-corrected chi connectivity index (χ1v) is 7.62. The molecular weight excluding hydrogens is 334 g/mol. The number of nitrogens with zero attached hydrogens (tertiary/aromatic N) is 2. The van der Waals surface area contributed by atoms with Crippen molar-refractivity contribution in [3.8, 4) is 10.6 Å².